The van der Waals surface area contributed by atoms with Gasteiger partial charge in [0.1, 0.15) is 0 Å². The van der Waals surface area contributed by atoms with Crippen LogP contribution in [0.4, 0.5) is 4.79 Å². The molecule has 9 heteroatoms. The zero-order valence-corrected chi connectivity index (χ0v) is 23.2. The summed E-state index contributed by atoms with van der Waals surface area (Å²) in [6, 6.07) is 6.56. The lowest BCUT2D eigenvalue weighted by atomic mass is 9.92. The Bertz CT molecular complexity index is 1470. The summed E-state index contributed by atoms with van der Waals surface area (Å²) >= 11 is 3.64. The van der Waals surface area contributed by atoms with Gasteiger partial charge in [-0.15, -0.1) is 23.1 Å². The number of aromatic amines is 1. The van der Waals surface area contributed by atoms with Crippen molar-refractivity contribution in [3.05, 3.63) is 69.7 Å². The van der Waals surface area contributed by atoms with Crippen molar-refractivity contribution in [2.75, 3.05) is 26.2 Å². The number of nitrogens with one attached hydrogen (secondary N) is 2. The number of likely N-dealkylation sites (tertiary alicyclic amines) is 1. The van der Waals surface area contributed by atoms with Crippen molar-refractivity contribution < 1.29 is 4.79 Å². The number of thiazole rings is 1. The summed E-state index contributed by atoms with van der Waals surface area (Å²) in [5.41, 5.74) is 6.83. The Morgan fingerprint density at radius 2 is 2.16 bits per heavy atom. The second-order valence-corrected chi connectivity index (χ2v) is 13.0. The Morgan fingerprint density at radius 3 is 3.11 bits per heavy atom. The summed E-state index contributed by atoms with van der Waals surface area (Å²) in [6.07, 6.45) is 11.9. The average molecular weight is 545 g/mol. The summed E-state index contributed by atoms with van der Waals surface area (Å²) in [5, 5.41) is 15.2. The molecule has 0 saturated carbocycles. The Morgan fingerprint density at radius 1 is 1.24 bits per heavy atom. The third-order valence-electron chi connectivity index (χ3n) is 8.12. The molecule has 2 N–H and O–H groups in total. The van der Waals surface area contributed by atoms with Crippen molar-refractivity contribution in [2.45, 2.75) is 44.0 Å². The van der Waals surface area contributed by atoms with E-state index in [0.29, 0.717) is 24.3 Å². The lowest BCUT2D eigenvalue weighted by Crippen LogP contribution is -2.52. The highest BCUT2D eigenvalue weighted by atomic mass is 32.2. The van der Waals surface area contributed by atoms with Gasteiger partial charge in [-0.3, -0.25) is 10.00 Å². The fraction of sp³-hybridized carbons (Fsp3) is 0.414. The standard InChI is InChI=1S/C29H32N6OS2/c1-18-30-25-9-8-19(13-27(25)38-18)28-23-16-35(12-10-24(23)32-33-28)29(36)31-21-5-4-11-34(15-21)14-20-17-37-26-7-3-2-6-22(20)26/h2-3,6-9,13,17,21-22,26H,4-5,10-12,14-16H2,1H3,(H,31,36)(H,32,33)/t21-,22?,26?/m1/s1. The highest BCUT2D eigenvalue weighted by Crippen LogP contribution is 2.39. The molecule has 1 aromatic carbocycles. The number of nitrogens with zero attached hydrogens (tertiary/aromatic N) is 4. The summed E-state index contributed by atoms with van der Waals surface area (Å²) in [5.74, 6) is 0.521. The largest absolute Gasteiger partial charge is 0.334 e. The predicted octanol–water partition coefficient (Wildman–Crippen LogP) is 5.27. The molecule has 0 bridgehead atoms. The molecule has 196 valence electrons. The molecule has 0 spiro atoms. The van der Waals surface area contributed by atoms with Gasteiger partial charge in [0.05, 0.1) is 27.5 Å². The molecular weight excluding hydrogens is 512 g/mol. The molecule has 38 heavy (non-hydrogen) atoms. The Hall–Kier alpha value is -2.88. The van der Waals surface area contributed by atoms with Gasteiger partial charge in [-0.1, -0.05) is 30.4 Å². The van der Waals surface area contributed by atoms with E-state index in [1.54, 1.807) is 11.3 Å². The normalized spacial score (nSPS) is 24.9. The topological polar surface area (TPSA) is 77.1 Å². The number of carbonyl (C=O) groups excluding carboxylic acids is 1. The van der Waals surface area contributed by atoms with Crippen molar-refractivity contribution in [1.29, 1.82) is 0 Å². The van der Waals surface area contributed by atoms with Gasteiger partial charge < -0.3 is 10.2 Å². The van der Waals surface area contributed by atoms with Gasteiger partial charge in [-0.05, 0) is 49.4 Å². The van der Waals surface area contributed by atoms with Gasteiger partial charge in [0.2, 0.25) is 0 Å². The maximum atomic E-state index is 13.4. The molecule has 2 unspecified atom stereocenters. The van der Waals surface area contributed by atoms with Gasteiger partial charge in [-0.2, -0.15) is 5.10 Å². The van der Waals surface area contributed by atoms with Crippen molar-refractivity contribution in [3.63, 3.8) is 0 Å². The van der Waals surface area contributed by atoms with E-state index in [1.165, 1.54) is 10.3 Å². The van der Waals surface area contributed by atoms with Crippen LogP contribution in [0, 0.1) is 12.8 Å². The molecule has 5 heterocycles. The van der Waals surface area contributed by atoms with Crippen LogP contribution in [0.1, 0.15) is 29.1 Å². The smallest absolute Gasteiger partial charge is 0.317 e. The zero-order chi connectivity index (χ0) is 25.6. The van der Waals surface area contributed by atoms with Crippen molar-refractivity contribution >= 4 is 39.3 Å². The quantitative estimate of drug-likeness (QED) is 0.468. The Labute approximate surface area is 231 Å². The van der Waals surface area contributed by atoms with E-state index in [0.717, 1.165) is 71.9 Å². The van der Waals surface area contributed by atoms with Crippen molar-refractivity contribution in [2.24, 2.45) is 5.92 Å². The van der Waals surface area contributed by atoms with E-state index < -0.39 is 0 Å². The highest BCUT2D eigenvalue weighted by molar-refractivity contribution is 8.03. The number of allylic oxidation sites excluding steroid dienone is 3. The summed E-state index contributed by atoms with van der Waals surface area (Å²) in [6.45, 7) is 6.32. The van der Waals surface area contributed by atoms with Crippen LogP contribution in [0.5, 0.6) is 0 Å². The molecule has 3 aromatic rings. The van der Waals surface area contributed by atoms with Crippen LogP contribution in [0.15, 0.2) is 53.5 Å². The fourth-order valence-electron chi connectivity index (χ4n) is 6.17. The number of urea groups is 1. The molecule has 2 aromatic heterocycles. The summed E-state index contributed by atoms with van der Waals surface area (Å²) < 4.78 is 1.17. The number of hydrogen-bond donors (Lipinski definition) is 2. The van der Waals surface area contributed by atoms with Gasteiger partial charge in [-0.25, -0.2) is 9.78 Å². The first-order valence-corrected chi connectivity index (χ1v) is 15.3. The monoisotopic (exact) mass is 544 g/mol. The van der Waals surface area contributed by atoms with Crippen LogP contribution in [0.25, 0.3) is 21.5 Å². The van der Waals surface area contributed by atoms with Crippen molar-refractivity contribution in [1.82, 2.24) is 30.3 Å². The first kappa shape index (κ1) is 24.2. The molecule has 3 atom stereocenters. The third-order valence-corrected chi connectivity index (χ3v) is 10.3. The molecule has 7 nitrogen and oxygen atoms in total. The molecule has 1 fully saturated rings. The summed E-state index contributed by atoms with van der Waals surface area (Å²) in [4.78, 5) is 22.4. The minimum atomic E-state index is 0.0410. The van der Waals surface area contributed by atoms with E-state index in [2.05, 4.69) is 73.3 Å². The number of amides is 2. The number of thioether (sulfide) groups is 1. The van der Waals surface area contributed by atoms with Crippen LogP contribution in [0.2, 0.25) is 0 Å². The number of rotatable bonds is 4. The number of H-pyrrole nitrogens is 1. The first-order chi connectivity index (χ1) is 18.6. The van der Waals surface area contributed by atoms with Gasteiger partial charge in [0.25, 0.3) is 0 Å². The number of benzene rings is 1. The first-order valence-electron chi connectivity index (χ1n) is 13.5. The lowest BCUT2D eigenvalue weighted by molar-refractivity contribution is 0.167. The van der Waals surface area contributed by atoms with Crippen molar-refractivity contribution in [3.8, 4) is 11.3 Å². The Kier molecular flexibility index (Phi) is 6.38. The number of fused-ring (bicyclic) bond motifs is 3. The maximum Gasteiger partial charge on any atom is 0.317 e. The molecule has 2 amide bonds. The highest BCUT2D eigenvalue weighted by Gasteiger charge is 2.32. The fourth-order valence-corrected chi connectivity index (χ4v) is 8.22. The lowest BCUT2D eigenvalue weighted by Gasteiger charge is -2.36. The Balaban J connectivity index is 0.999. The van der Waals surface area contributed by atoms with Crippen LogP contribution < -0.4 is 5.32 Å². The molecule has 7 rings (SSSR count). The maximum absolute atomic E-state index is 13.4. The van der Waals surface area contributed by atoms with E-state index in [9.17, 15) is 4.79 Å². The number of aryl methyl sites for hydroxylation is 1. The molecule has 1 saturated heterocycles. The van der Waals surface area contributed by atoms with Gasteiger partial charge in [0.15, 0.2) is 0 Å². The average Bonchev–Trinajstić information content (AvgIpc) is 3.64. The van der Waals surface area contributed by atoms with Gasteiger partial charge in [0, 0.05) is 60.1 Å². The number of hydrogen-bond acceptors (Lipinski definition) is 6. The minimum absolute atomic E-state index is 0.0410. The van der Waals surface area contributed by atoms with Crippen LogP contribution in [-0.2, 0) is 13.0 Å². The second-order valence-electron chi connectivity index (χ2n) is 10.7. The number of carbonyl (C=O) groups is 1. The van der Waals surface area contributed by atoms with E-state index in [-0.39, 0.29) is 12.1 Å². The number of aromatic nitrogens is 3. The predicted molar refractivity (Wildman–Crippen MR) is 155 cm³/mol. The molecule has 4 aliphatic rings. The number of piperidine rings is 1. The van der Waals surface area contributed by atoms with Crippen LogP contribution in [0.3, 0.4) is 0 Å². The van der Waals surface area contributed by atoms with E-state index in [4.69, 9.17) is 0 Å². The van der Waals surface area contributed by atoms with E-state index >= 15 is 0 Å². The molecular formula is C29H32N6OS2. The van der Waals surface area contributed by atoms with Gasteiger partial charge >= 0.3 is 6.03 Å². The van der Waals surface area contributed by atoms with Crippen LogP contribution in [-0.4, -0.2) is 68.5 Å². The zero-order valence-electron chi connectivity index (χ0n) is 21.5. The molecule has 3 aliphatic heterocycles. The van der Waals surface area contributed by atoms with E-state index in [1.807, 2.05) is 23.6 Å². The molecule has 0 radical (unpaired) electrons. The summed E-state index contributed by atoms with van der Waals surface area (Å²) in [7, 11) is 0. The molecule has 1 aliphatic carbocycles. The minimum Gasteiger partial charge on any atom is -0.334 e. The van der Waals surface area contributed by atoms with Crippen LogP contribution >= 0.6 is 23.1 Å². The second kappa shape index (κ2) is 10.0. The third kappa shape index (κ3) is 4.61. The SMILES string of the molecule is Cc1nc2ccc(-c3n[nH]c4c3CN(C(=O)N[C@@H]3CCCN(CC5=CSC6C=CC=CC56)C3)CC4)cc2s1.